The summed E-state index contributed by atoms with van der Waals surface area (Å²) in [6.45, 7) is 11.1. The SMILES string of the molecule is CC(=O)N[C@H](C(=O)O[C@@H]1CCC(C)(C)[C@@H]2CC=C3C(=O)OC[C@]3(O)[C@@]12C)C(C)C. The predicted molar refractivity (Wildman–Crippen MR) is 106 cm³/mol. The van der Waals surface area contributed by atoms with Crippen molar-refractivity contribution < 1.29 is 29.0 Å². The van der Waals surface area contributed by atoms with Gasteiger partial charge in [0.2, 0.25) is 5.91 Å². The van der Waals surface area contributed by atoms with Crippen molar-refractivity contribution in [2.24, 2.45) is 22.7 Å². The van der Waals surface area contributed by atoms with E-state index in [2.05, 4.69) is 19.2 Å². The lowest BCUT2D eigenvalue weighted by molar-refractivity contribution is -0.217. The van der Waals surface area contributed by atoms with Gasteiger partial charge in [-0.15, -0.1) is 0 Å². The fourth-order valence-corrected chi connectivity index (χ4v) is 5.67. The fourth-order valence-electron chi connectivity index (χ4n) is 5.67. The van der Waals surface area contributed by atoms with E-state index in [0.29, 0.717) is 12.8 Å². The molecule has 162 valence electrons. The van der Waals surface area contributed by atoms with Crippen molar-refractivity contribution >= 4 is 17.8 Å². The van der Waals surface area contributed by atoms with Crippen LogP contribution in [0.1, 0.15) is 60.8 Å². The molecule has 0 unspecified atom stereocenters. The number of fused-ring (bicyclic) bond motifs is 3. The first-order valence-electron chi connectivity index (χ1n) is 10.4. The Morgan fingerprint density at radius 2 is 1.97 bits per heavy atom. The molecule has 2 fully saturated rings. The number of esters is 2. The molecule has 1 saturated heterocycles. The maximum atomic E-state index is 13.0. The third-order valence-corrected chi connectivity index (χ3v) is 7.45. The monoisotopic (exact) mass is 407 g/mol. The van der Waals surface area contributed by atoms with E-state index in [0.717, 1.165) is 6.42 Å². The van der Waals surface area contributed by atoms with E-state index in [9.17, 15) is 19.5 Å². The number of hydrogen-bond acceptors (Lipinski definition) is 6. The van der Waals surface area contributed by atoms with Gasteiger partial charge >= 0.3 is 11.9 Å². The summed E-state index contributed by atoms with van der Waals surface area (Å²) < 4.78 is 11.2. The van der Waals surface area contributed by atoms with E-state index >= 15 is 0 Å². The molecule has 29 heavy (non-hydrogen) atoms. The summed E-state index contributed by atoms with van der Waals surface area (Å²) in [5.74, 6) is -1.45. The Morgan fingerprint density at radius 3 is 2.55 bits per heavy atom. The third-order valence-electron chi connectivity index (χ3n) is 7.45. The predicted octanol–water partition coefficient (Wildman–Crippen LogP) is 2.12. The number of ether oxygens (including phenoxy) is 2. The van der Waals surface area contributed by atoms with Crippen LogP contribution >= 0.6 is 0 Å². The summed E-state index contributed by atoms with van der Waals surface area (Å²) in [7, 11) is 0. The van der Waals surface area contributed by atoms with Gasteiger partial charge in [0, 0.05) is 12.3 Å². The van der Waals surface area contributed by atoms with Gasteiger partial charge in [-0.05, 0) is 36.5 Å². The molecule has 2 aliphatic carbocycles. The van der Waals surface area contributed by atoms with E-state index in [1.54, 1.807) is 6.08 Å². The number of carbonyl (C=O) groups is 3. The second kappa shape index (κ2) is 7.11. The molecule has 2 N–H and O–H groups in total. The topological polar surface area (TPSA) is 102 Å². The van der Waals surface area contributed by atoms with Gasteiger partial charge < -0.3 is 19.9 Å². The van der Waals surface area contributed by atoms with Gasteiger partial charge in [-0.2, -0.15) is 0 Å². The van der Waals surface area contributed by atoms with Crippen LogP contribution in [0.3, 0.4) is 0 Å². The molecule has 0 aromatic rings. The Morgan fingerprint density at radius 1 is 1.31 bits per heavy atom. The largest absolute Gasteiger partial charge is 0.460 e. The summed E-state index contributed by atoms with van der Waals surface area (Å²) in [4.78, 5) is 36.8. The van der Waals surface area contributed by atoms with Gasteiger partial charge in [0.05, 0.1) is 5.57 Å². The molecule has 1 heterocycles. The smallest absolute Gasteiger partial charge is 0.336 e. The standard InChI is InChI=1S/C22H33NO6/c1-12(2)17(23-13(3)24)19(26)29-16-9-10-20(4,5)15-8-7-14-18(25)28-11-22(14,27)21(15,16)6/h7,12,15-17,27H,8-11H2,1-6H3,(H,23,24)/t15-,16+,17-,21+,22+/m0/s1. The zero-order valence-corrected chi connectivity index (χ0v) is 18.2. The molecule has 0 aromatic carbocycles. The van der Waals surface area contributed by atoms with Gasteiger partial charge in [-0.3, -0.25) is 4.79 Å². The van der Waals surface area contributed by atoms with Crippen LogP contribution in [0.5, 0.6) is 0 Å². The van der Waals surface area contributed by atoms with Crippen molar-refractivity contribution in [3.63, 3.8) is 0 Å². The number of nitrogens with one attached hydrogen (secondary N) is 1. The van der Waals surface area contributed by atoms with E-state index in [-0.39, 0.29) is 35.3 Å². The Kier molecular flexibility index (Phi) is 5.35. The van der Waals surface area contributed by atoms with Crippen molar-refractivity contribution in [1.29, 1.82) is 0 Å². The number of amides is 1. The van der Waals surface area contributed by atoms with E-state index in [1.807, 2.05) is 20.8 Å². The highest BCUT2D eigenvalue weighted by atomic mass is 16.6. The summed E-state index contributed by atoms with van der Waals surface area (Å²) >= 11 is 0. The average Bonchev–Trinajstić information content (AvgIpc) is 2.91. The van der Waals surface area contributed by atoms with Crippen LogP contribution in [0.25, 0.3) is 0 Å². The summed E-state index contributed by atoms with van der Waals surface area (Å²) in [5, 5.41) is 14.3. The molecule has 5 atom stereocenters. The Hall–Kier alpha value is -1.89. The lowest BCUT2D eigenvalue weighted by atomic mass is 9.46. The molecule has 1 saturated carbocycles. The Bertz CT molecular complexity index is 756. The molecule has 7 nitrogen and oxygen atoms in total. The van der Waals surface area contributed by atoms with Crippen molar-refractivity contribution in [3.8, 4) is 0 Å². The van der Waals surface area contributed by atoms with E-state index < -0.39 is 35.1 Å². The fraction of sp³-hybridized carbons (Fsp3) is 0.773. The summed E-state index contributed by atoms with van der Waals surface area (Å²) in [5.41, 5.74) is -2.21. The highest BCUT2D eigenvalue weighted by Crippen LogP contribution is 2.63. The molecule has 1 aliphatic heterocycles. The minimum atomic E-state index is -1.50. The zero-order chi connectivity index (χ0) is 21.8. The first-order chi connectivity index (χ1) is 13.3. The number of aliphatic hydroxyl groups is 1. The van der Waals surface area contributed by atoms with E-state index in [1.165, 1.54) is 6.92 Å². The van der Waals surface area contributed by atoms with Gasteiger partial charge in [-0.25, -0.2) is 9.59 Å². The molecule has 3 aliphatic rings. The van der Waals surface area contributed by atoms with Crippen LogP contribution in [0.2, 0.25) is 0 Å². The number of allylic oxidation sites excluding steroid dienone is 1. The van der Waals surface area contributed by atoms with Crippen molar-refractivity contribution in [1.82, 2.24) is 5.32 Å². The van der Waals surface area contributed by atoms with Gasteiger partial charge in [-0.1, -0.05) is 40.7 Å². The average molecular weight is 408 g/mol. The number of hydrogen-bond donors (Lipinski definition) is 2. The molecular weight excluding hydrogens is 374 g/mol. The van der Waals surface area contributed by atoms with Crippen LogP contribution < -0.4 is 5.32 Å². The molecule has 7 heteroatoms. The molecule has 0 bridgehead atoms. The summed E-state index contributed by atoms with van der Waals surface area (Å²) in [6.07, 6.45) is 3.21. The minimum Gasteiger partial charge on any atom is -0.460 e. The van der Waals surface area contributed by atoms with Gasteiger partial charge in [0.1, 0.15) is 24.4 Å². The quantitative estimate of drug-likeness (QED) is 0.692. The summed E-state index contributed by atoms with van der Waals surface area (Å²) in [6, 6.07) is -0.765. The third kappa shape index (κ3) is 3.27. The maximum Gasteiger partial charge on any atom is 0.336 e. The lowest BCUT2D eigenvalue weighted by Crippen LogP contribution is -2.66. The minimum absolute atomic E-state index is 0.00284. The Balaban J connectivity index is 1.97. The van der Waals surface area contributed by atoms with Crippen molar-refractivity contribution in [2.75, 3.05) is 6.61 Å². The number of rotatable bonds is 4. The lowest BCUT2D eigenvalue weighted by Gasteiger charge is -2.60. The molecule has 0 aromatic heterocycles. The van der Waals surface area contributed by atoms with Crippen molar-refractivity contribution in [2.45, 2.75) is 78.6 Å². The van der Waals surface area contributed by atoms with Gasteiger partial charge in [0.15, 0.2) is 0 Å². The highest BCUT2D eigenvalue weighted by Gasteiger charge is 2.69. The van der Waals surface area contributed by atoms with Crippen LogP contribution in [-0.2, 0) is 23.9 Å². The normalized spacial score (nSPS) is 36.4. The number of carbonyl (C=O) groups excluding carboxylic acids is 3. The molecule has 0 spiro atoms. The highest BCUT2D eigenvalue weighted by molar-refractivity contribution is 5.94. The van der Waals surface area contributed by atoms with Crippen LogP contribution in [0.15, 0.2) is 11.6 Å². The second-order valence-corrected chi connectivity index (χ2v) is 10.0. The van der Waals surface area contributed by atoms with E-state index in [4.69, 9.17) is 9.47 Å². The first-order valence-corrected chi connectivity index (χ1v) is 10.4. The Labute approximate surface area is 172 Å². The molecule has 0 radical (unpaired) electrons. The zero-order valence-electron chi connectivity index (χ0n) is 18.2. The number of cyclic esters (lactones) is 1. The van der Waals surface area contributed by atoms with Crippen LogP contribution in [0.4, 0.5) is 0 Å². The van der Waals surface area contributed by atoms with Crippen LogP contribution in [0, 0.1) is 22.7 Å². The van der Waals surface area contributed by atoms with Gasteiger partial charge in [0.25, 0.3) is 0 Å². The van der Waals surface area contributed by atoms with Crippen LogP contribution in [-0.4, -0.2) is 47.3 Å². The molecule has 3 rings (SSSR count). The molecule has 1 amide bonds. The maximum absolute atomic E-state index is 13.0. The first kappa shape index (κ1) is 21.8. The second-order valence-electron chi connectivity index (χ2n) is 10.0. The van der Waals surface area contributed by atoms with Crippen molar-refractivity contribution in [3.05, 3.63) is 11.6 Å². The molecular formula is C22H33NO6.